The zero-order chi connectivity index (χ0) is 29.2. The molecule has 40 heavy (non-hydrogen) atoms. The molecule has 2 aromatic carbocycles. The van der Waals surface area contributed by atoms with Crippen LogP contribution < -0.4 is 30.3 Å². The number of halogens is 2. The Labute approximate surface area is 253 Å². The van der Waals surface area contributed by atoms with E-state index in [2.05, 4.69) is 59.7 Å². The summed E-state index contributed by atoms with van der Waals surface area (Å²) in [4.78, 5) is 24.5. The van der Waals surface area contributed by atoms with Gasteiger partial charge in [-0.2, -0.15) is 10.4 Å². The van der Waals surface area contributed by atoms with Crippen LogP contribution in [0, 0.1) is 14.9 Å². The van der Waals surface area contributed by atoms with Crippen LogP contribution in [0.4, 0.5) is 4.79 Å². The first-order valence-corrected chi connectivity index (χ1v) is 13.8. The summed E-state index contributed by atoms with van der Waals surface area (Å²) in [7, 11) is 1.27. The lowest BCUT2D eigenvalue weighted by Crippen LogP contribution is -2.45. The molecule has 4 N–H and O–H groups in total. The Morgan fingerprint density at radius 1 is 1.30 bits per heavy atom. The summed E-state index contributed by atoms with van der Waals surface area (Å²) in [5, 5.41) is 28.4. The van der Waals surface area contributed by atoms with E-state index in [-0.39, 0.29) is 18.8 Å². The normalized spacial score (nSPS) is 15.5. The predicted octanol–water partition coefficient (Wildman–Crippen LogP) is 3.48. The van der Waals surface area contributed by atoms with Crippen molar-refractivity contribution < 1.29 is 33.6 Å². The van der Waals surface area contributed by atoms with E-state index in [1.807, 2.05) is 12.1 Å². The van der Waals surface area contributed by atoms with Gasteiger partial charge in [0.15, 0.2) is 24.3 Å². The molecule has 2 aromatic rings. The molecule has 0 saturated heterocycles. The first-order chi connectivity index (χ1) is 19.2. The molecule has 14 heteroatoms. The van der Waals surface area contributed by atoms with Crippen molar-refractivity contribution in [2.45, 2.75) is 26.1 Å². The minimum atomic E-state index is -1.15. The number of hydrogen-bond acceptors (Lipinski definition) is 10. The second-order valence-electron chi connectivity index (χ2n) is 8.18. The van der Waals surface area contributed by atoms with Crippen molar-refractivity contribution in [1.82, 2.24) is 16.1 Å². The summed E-state index contributed by atoms with van der Waals surface area (Å²) in [6.07, 6.45) is 0.373. The number of nitrogens with zero attached hydrogens (tertiary/aromatic N) is 2. The lowest BCUT2D eigenvalue weighted by Gasteiger charge is -2.28. The maximum atomic E-state index is 12.4. The van der Waals surface area contributed by atoms with Crippen LogP contribution in [-0.4, -0.2) is 56.5 Å². The van der Waals surface area contributed by atoms with Crippen LogP contribution in [0.3, 0.4) is 0 Å². The summed E-state index contributed by atoms with van der Waals surface area (Å²) in [5.74, 6) is 0.700. The maximum absolute atomic E-state index is 12.4. The first-order valence-electron chi connectivity index (χ1n) is 11.9. The van der Waals surface area contributed by atoms with Crippen molar-refractivity contribution in [3.8, 4) is 23.3 Å². The topological polar surface area (TPSA) is 164 Å². The molecule has 0 unspecified atom stereocenters. The van der Waals surface area contributed by atoms with Gasteiger partial charge >= 0.3 is 12.0 Å². The van der Waals surface area contributed by atoms with E-state index in [9.17, 15) is 14.7 Å². The van der Waals surface area contributed by atoms with Gasteiger partial charge in [-0.15, -0.1) is 0 Å². The predicted molar refractivity (Wildman–Crippen MR) is 157 cm³/mol. The fourth-order valence-electron chi connectivity index (χ4n) is 3.72. The molecule has 0 saturated carbocycles. The highest BCUT2D eigenvalue weighted by molar-refractivity contribution is 14.1. The lowest BCUT2D eigenvalue weighted by atomic mass is 9.95. The minimum Gasteiger partial charge on any atom is -0.490 e. The molecule has 1 heterocycles. The van der Waals surface area contributed by atoms with Gasteiger partial charge in [-0.05, 0) is 87.8 Å². The molecule has 3 rings (SSSR count). The van der Waals surface area contributed by atoms with E-state index in [0.29, 0.717) is 39.6 Å². The number of carbonyl (C=O) groups is 2. The van der Waals surface area contributed by atoms with Gasteiger partial charge < -0.3 is 34.7 Å². The van der Waals surface area contributed by atoms with E-state index < -0.39 is 24.3 Å². The fraction of sp³-hybridized carbons (Fsp3) is 0.308. The van der Waals surface area contributed by atoms with Gasteiger partial charge in [0.1, 0.15) is 18.4 Å². The van der Waals surface area contributed by atoms with Gasteiger partial charge in [0.05, 0.1) is 39.6 Å². The fourth-order valence-corrected chi connectivity index (χ4v) is 5.49. The number of aliphatic hydroxyl groups excluding tert-OH is 1. The summed E-state index contributed by atoms with van der Waals surface area (Å²) < 4.78 is 23.2. The third kappa shape index (κ3) is 7.99. The van der Waals surface area contributed by atoms with Crippen molar-refractivity contribution in [1.29, 1.82) is 5.26 Å². The molecule has 12 nitrogen and oxygen atoms in total. The molecule has 0 radical (unpaired) electrons. The smallest absolute Gasteiger partial charge is 0.337 e. The van der Waals surface area contributed by atoms with Gasteiger partial charge in [0, 0.05) is 5.70 Å². The van der Waals surface area contributed by atoms with E-state index in [1.54, 1.807) is 38.1 Å². The number of amides is 2. The molecule has 212 valence electrons. The second-order valence-corrected chi connectivity index (χ2v) is 10.2. The van der Waals surface area contributed by atoms with E-state index in [4.69, 9.17) is 24.2 Å². The van der Waals surface area contributed by atoms with Crippen molar-refractivity contribution in [2.75, 3.05) is 26.9 Å². The van der Waals surface area contributed by atoms with E-state index in [1.165, 1.54) is 13.3 Å². The van der Waals surface area contributed by atoms with Crippen LogP contribution in [0.25, 0.3) is 0 Å². The number of aliphatic hydroxyl groups is 1. The molecule has 2 atom stereocenters. The Kier molecular flexibility index (Phi) is 11.4. The van der Waals surface area contributed by atoms with Crippen LogP contribution in [0.1, 0.15) is 31.0 Å². The number of carbonyl (C=O) groups excluding carboxylic acids is 2. The highest BCUT2D eigenvalue weighted by atomic mass is 127. The average molecular weight is 728 g/mol. The van der Waals surface area contributed by atoms with Gasteiger partial charge in [-0.1, -0.05) is 6.07 Å². The first kappa shape index (κ1) is 31.0. The summed E-state index contributed by atoms with van der Waals surface area (Å²) >= 11 is 5.51. The second kappa shape index (κ2) is 14.7. The van der Waals surface area contributed by atoms with Crippen molar-refractivity contribution in [3.05, 3.63) is 60.8 Å². The van der Waals surface area contributed by atoms with Gasteiger partial charge in [-0.25, -0.2) is 9.59 Å². The van der Waals surface area contributed by atoms with Crippen LogP contribution in [0.5, 0.6) is 17.2 Å². The average Bonchev–Trinajstić information content (AvgIpc) is 2.91. The zero-order valence-corrected chi connectivity index (χ0v) is 25.5. The molecule has 0 fully saturated rings. The number of rotatable bonds is 12. The number of hydrogen-bond donors (Lipinski definition) is 4. The maximum Gasteiger partial charge on any atom is 0.337 e. The number of allylic oxidation sites excluding steroid dienone is 1. The molecule has 0 aromatic heterocycles. The number of urea groups is 1. The molecular formula is C26H27BrIN5O7. The Morgan fingerprint density at radius 2 is 2.08 bits per heavy atom. The van der Waals surface area contributed by atoms with Crippen molar-refractivity contribution in [3.63, 3.8) is 0 Å². The Morgan fingerprint density at radius 3 is 2.75 bits per heavy atom. The molecule has 0 bridgehead atoms. The quantitative estimate of drug-likeness (QED) is 0.0843. The standard InChI is InChI=1S/C26H27BrIN5O7/c1-4-38-20-11-16(23-22(25(35)37-3)14(2)31-26(36)32-23)5-6-19(20)40-13-21(34)33-30-12-15-9-17(27)24(18(28)10-15)39-8-7-29/h5-6,9-12,21,23,33-34H,4,8,13H2,1-3H3,(H2,31,32,36)/b30-12-/t21-,23+/m0/s1. The van der Waals surface area contributed by atoms with Crippen LogP contribution in [0.15, 0.2) is 51.2 Å². The van der Waals surface area contributed by atoms with Gasteiger partial charge in [-0.3, -0.25) is 5.43 Å². The van der Waals surface area contributed by atoms with Gasteiger partial charge in [0.2, 0.25) is 0 Å². The zero-order valence-electron chi connectivity index (χ0n) is 21.8. The van der Waals surface area contributed by atoms with Crippen molar-refractivity contribution in [2.24, 2.45) is 5.10 Å². The van der Waals surface area contributed by atoms with Crippen molar-refractivity contribution >= 4 is 56.7 Å². The monoisotopic (exact) mass is 727 g/mol. The number of methoxy groups -OCH3 is 1. The number of nitriles is 1. The minimum absolute atomic E-state index is 0.0661. The third-order valence-electron chi connectivity index (χ3n) is 5.41. The number of esters is 1. The van der Waals surface area contributed by atoms with Crippen LogP contribution in [0.2, 0.25) is 0 Å². The van der Waals surface area contributed by atoms with Gasteiger partial charge in [0.25, 0.3) is 0 Å². The number of nitrogens with one attached hydrogen (secondary N) is 3. The highest BCUT2D eigenvalue weighted by Crippen LogP contribution is 2.35. The number of ether oxygens (including phenoxy) is 4. The molecule has 1 aliphatic rings. The largest absolute Gasteiger partial charge is 0.490 e. The van der Waals surface area contributed by atoms with Crippen LogP contribution in [-0.2, 0) is 9.53 Å². The SMILES string of the molecule is CCOc1cc([C@H]2NC(=O)NC(C)=C2C(=O)OC)ccc1OC[C@H](O)N/N=C\c1cc(Br)c(OCC#N)c(I)c1. The molecule has 0 aliphatic carbocycles. The lowest BCUT2D eigenvalue weighted by molar-refractivity contribution is -0.136. The van der Waals surface area contributed by atoms with Crippen LogP contribution >= 0.6 is 38.5 Å². The Balaban J connectivity index is 1.68. The number of hydrazone groups is 1. The third-order valence-corrected chi connectivity index (χ3v) is 6.80. The van der Waals surface area contributed by atoms with E-state index in [0.717, 1.165) is 9.13 Å². The highest BCUT2D eigenvalue weighted by Gasteiger charge is 2.32. The molecule has 2 amide bonds. The Hall–Kier alpha value is -3.55. The molecule has 1 aliphatic heterocycles. The molecule has 0 spiro atoms. The summed E-state index contributed by atoms with van der Waals surface area (Å²) in [5.41, 5.74) is 4.56. The number of benzene rings is 2. The summed E-state index contributed by atoms with van der Waals surface area (Å²) in [6.45, 7) is 3.53. The van der Waals surface area contributed by atoms with E-state index >= 15 is 0 Å². The Bertz CT molecular complexity index is 1340. The summed E-state index contributed by atoms with van der Waals surface area (Å²) in [6, 6.07) is 9.28. The molecular weight excluding hydrogens is 701 g/mol.